The van der Waals surface area contributed by atoms with Gasteiger partial charge in [0.15, 0.2) is 0 Å². The first kappa shape index (κ1) is 16.5. The first-order valence-corrected chi connectivity index (χ1v) is 7.87. The number of ether oxygens (including phenoxy) is 1. The number of carbonyl (C=O) groups excluding carboxylic acids is 1. The minimum Gasteiger partial charge on any atom is -0.475 e. The number of amides is 2. The van der Waals surface area contributed by atoms with E-state index in [9.17, 15) is 4.79 Å². The lowest BCUT2D eigenvalue weighted by Crippen LogP contribution is -2.46. The van der Waals surface area contributed by atoms with Gasteiger partial charge in [0, 0.05) is 24.8 Å². The molecule has 2 heterocycles. The molecule has 1 aromatic heterocycles. The summed E-state index contributed by atoms with van der Waals surface area (Å²) >= 11 is 0. The van der Waals surface area contributed by atoms with Gasteiger partial charge in [-0.1, -0.05) is 6.07 Å². The van der Waals surface area contributed by atoms with E-state index in [2.05, 4.69) is 27.6 Å². The Morgan fingerprint density at radius 2 is 2.14 bits per heavy atom. The average Bonchev–Trinajstić information content (AvgIpc) is 2.48. The highest BCUT2D eigenvalue weighted by molar-refractivity contribution is 5.74. The fourth-order valence-electron chi connectivity index (χ4n) is 2.40. The fourth-order valence-corrected chi connectivity index (χ4v) is 2.40. The zero-order valence-corrected chi connectivity index (χ0v) is 13.6. The number of piperidine rings is 1. The van der Waals surface area contributed by atoms with Crippen molar-refractivity contribution in [1.82, 2.24) is 20.5 Å². The molecule has 0 saturated carbocycles. The van der Waals surface area contributed by atoms with E-state index in [-0.39, 0.29) is 18.2 Å². The number of nitrogens with zero attached hydrogens (tertiary/aromatic N) is 2. The number of nitrogens with one attached hydrogen (secondary N) is 2. The number of urea groups is 1. The van der Waals surface area contributed by atoms with E-state index in [1.54, 1.807) is 6.20 Å². The summed E-state index contributed by atoms with van der Waals surface area (Å²) in [6.45, 7) is 6.46. The van der Waals surface area contributed by atoms with Crippen molar-refractivity contribution < 1.29 is 9.53 Å². The molecule has 0 atom stereocenters. The maximum absolute atomic E-state index is 11.9. The van der Waals surface area contributed by atoms with E-state index in [0.29, 0.717) is 12.4 Å². The quantitative estimate of drug-likeness (QED) is 0.870. The number of hydrogen-bond acceptors (Lipinski definition) is 4. The van der Waals surface area contributed by atoms with Crippen LogP contribution in [0, 0.1) is 0 Å². The van der Waals surface area contributed by atoms with Crippen molar-refractivity contribution in [2.24, 2.45) is 0 Å². The summed E-state index contributed by atoms with van der Waals surface area (Å²) in [5, 5.41) is 5.90. The van der Waals surface area contributed by atoms with Crippen molar-refractivity contribution >= 4 is 6.03 Å². The number of likely N-dealkylation sites (tertiary alicyclic amines) is 1. The Labute approximate surface area is 132 Å². The topological polar surface area (TPSA) is 66.5 Å². The van der Waals surface area contributed by atoms with Gasteiger partial charge in [-0.25, -0.2) is 9.78 Å². The van der Waals surface area contributed by atoms with Crippen molar-refractivity contribution in [3.8, 4) is 5.88 Å². The van der Waals surface area contributed by atoms with Crippen LogP contribution in [0.5, 0.6) is 5.88 Å². The van der Waals surface area contributed by atoms with Gasteiger partial charge in [-0.05, 0) is 52.4 Å². The summed E-state index contributed by atoms with van der Waals surface area (Å²) in [4.78, 5) is 18.4. The summed E-state index contributed by atoms with van der Waals surface area (Å²) in [5.41, 5.74) is 0.953. The minimum absolute atomic E-state index is 0.108. The highest BCUT2D eigenvalue weighted by atomic mass is 16.5. The van der Waals surface area contributed by atoms with E-state index in [1.807, 2.05) is 26.0 Å². The Morgan fingerprint density at radius 1 is 1.41 bits per heavy atom. The molecule has 0 aliphatic carbocycles. The smallest absolute Gasteiger partial charge is 0.315 e. The molecule has 1 aliphatic rings. The molecule has 22 heavy (non-hydrogen) atoms. The lowest BCUT2D eigenvalue weighted by atomic mass is 10.1. The molecule has 1 aliphatic heterocycles. The van der Waals surface area contributed by atoms with Crippen LogP contribution in [0.2, 0.25) is 0 Å². The Morgan fingerprint density at radius 3 is 2.73 bits per heavy atom. The molecule has 0 radical (unpaired) electrons. The Hall–Kier alpha value is -1.82. The summed E-state index contributed by atoms with van der Waals surface area (Å²) in [6.07, 6.45) is 3.85. The van der Waals surface area contributed by atoms with Gasteiger partial charge in [-0.2, -0.15) is 0 Å². The molecular formula is C16H26N4O2. The second kappa shape index (κ2) is 7.98. The monoisotopic (exact) mass is 306 g/mol. The number of carbonyl (C=O) groups is 1. The molecule has 1 saturated heterocycles. The Bertz CT molecular complexity index is 468. The second-order valence-electron chi connectivity index (χ2n) is 6.08. The molecule has 1 aromatic rings. The van der Waals surface area contributed by atoms with Gasteiger partial charge in [0.2, 0.25) is 5.88 Å². The third-order valence-corrected chi connectivity index (χ3v) is 3.66. The van der Waals surface area contributed by atoms with Crippen molar-refractivity contribution in [1.29, 1.82) is 0 Å². The third kappa shape index (κ3) is 5.52. The number of pyridine rings is 1. The maximum Gasteiger partial charge on any atom is 0.315 e. The van der Waals surface area contributed by atoms with Crippen molar-refractivity contribution in [3.05, 3.63) is 23.9 Å². The Kier molecular flexibility index (Phi) is 6.00. The van der Waals surface area contributed by atoms with Crippen LogP contribution in [-0.2, 0) is 6.54 Å². The molecule has 2 amide bonds. The molecule has 2 rings (SSSR count). The van der Waals surface area contributed by atoms with Crippen LogP contribution in [0.4, 0.5) is 4.79 Å². The van der Waals surface area contributed by atoms with E-state index in [1.165, 1.54) is 0 Å². The Balaban J connectivity index is 1.71. The molecular weight excluding hydrogens is 280 g/mol. The molecule has 1 fully saturated rings. The van der Waals surface area contributed by atoms with Crippen molar-refractivity contribution in [2.75, 3.05) is 20.1 Å². The molecule has 0 spiro atoms. The fraction of sp³-hybridized carbons (Fsp3) is 0.625. The van der Waals surface area contributed by atoms with Gasteiger partial charge >= 0.3 is 6.03 Å². The molecule has 0 bridgehead atoms. The van der Waals surface area contributed by atoms with Crippen LogP contribution >= 0.6 is 0 Å². The van der Waals surface area contributed by atoms with Gasteiger partial charge in [-0.15, -0.1) is 0 Å². The van der Waals surface area contributed by atoms with E-state index < -0.39 is 0 Å². The zero-order chi connectivity index (χ0) is 15.9. The van der Waals surface area contributed by atoms with Crippen LogP contribution in [0.15, 0.2) is 18.3 Å². The van der Waals surface area contributed by atoms with E-state index in [0.717, 1.165) is 31.5 Å². The third-order valence-electron chi connectivity index (χ3n) is 3.66. The zero-order valence-electron chi connectivity index (χ0n) is 13.6. The highest BCUT2D eigenvalue weighted by Crippen LogP contribution is 2.10. The number of aromatic nitrogens is 1. The normalized spacial score (nSPS) is 16.5. The number of rotatable bonds is 5. The van der Waals surface area contributed by atoms with Gasteiger partial charge in [0.25, 0.3) is 0 Å². The van der Waals surface area contributed by atoms with Gasteiger partial charge in [0.05, 0.1) is 6.10 Å². The van der Waals surface area contributed by atoms with Crippen LogP contribution in [-0.4, -0.2) is 48.2 Å². The summed E-state index contributed by atoms with van der Waals surface area (Å²) in [6, 6.07) is 3.90. The lowest BCUT2D eigenvalue weighted by molar-refractivity contribution is 0.213. The first-order valence-electron chi connectivity index (χ1n) is 7.87. The summed E-state index contributed by atoms with van der Waals surface area (Å²) in [7, 11) is 2.11. The van der Waals surface area contributed by atoms with Crippen LogP contribution in [0.25, 0.3) is 0 Å². The van der Waals surface area contributed by atoms with Crippen molar-refractivity contribution in [2.45, 2.75) is 45.4 Å². The second-order valence-corrected chi connectivity index (χ2v) is 6.08. The maximum atomic E-state index is 11.9. The van der Waals surface area contributed by atoms with Gasteiger partial charge in [-0.3, -0.25) is 0 Å². The first-order chi connectivity index (χ1) is 10.5. The standard InChI is InChI=1S/C16H26N4O2/c1-12(2)22-15-5-4-13(10-17-15)11-18-16(21)19-14-6-8-20(3)9-7-14/h4-5,10,12,14H,6-9,11H2,1-3H3,(H2,18,19,21). The highest BCUT2D eigenvalue weighted by Gasteiger charge is 2.18. The van der Waals surface area contributed by atoms with Crippen LogP contribution < -0.4 is 15.4 Å². The SMILES string of the molecule is CC(C)Oc1ccc(CNC(=O)NC2CCN(C)CC2)cn1. The average molecular weight is 306 g/mol. The van der Waals surface area contributed by atoms with Crippen LogP contribution in [0.1, 0.15) is 32.3 Å². The molecule has 2 N–H and O–H groups in total. The lowest BCUT2D eigenvalue weighted by Gasteiger charge is -2.29. The van der Waals surface area contributed by atoms with Crippen LogP contribution in [0.3, 0.4) is 0 Å². The predicted octanol–water partition coefficient (Wildman–Crippen LogP) is 1.76. The molecule has 6 nitrogen and oxygen atoms in total. The summed E-state index contributed by atoms with van der Waals surface area (Å²) < 4.78 is 5.49. The molecule has 0 aromatic carbocycles. The number of hydrogen-bond donors (Lipinski definition) is 2. The van der Waals surface area contributed by atoms with Crippen molar-refractivity contribution in [3.63, 3.8) is 0 Å². The molecule has 0 unspecified atom stereocenters. The largest absolute Gasteiger partial charge is 0.475 e. The van der Waals surface area contributed by atoms with Gasteiger partial charge in [0.1, 0.15) is 0 Å². The predicted molar refractivity (Wildman–Crippen MR) is 85.9 cm³/mol. The van der Waals surface area contributed by atoms with E-state index >= 15 is 0 Å². The minimum atomic E-state index is -0.114. The molecule has 122 valence electrons. The summed E-state index contributed by atoms with van der Waals surface area (Å²) in [5.74, 6) is 0.606. The van der Waals surface area contributed by atoms with E-state index in [4.69, 9.17) is 4.74 Å². The van der Waals surface area contributed by atoms with Gasteiger partial charge < -0.3 is 20.3 Å². The molecule has 6 heteroatoms.